The van der Waals surface area contributed by atoms with Gasteiger partial charge in [0, 0.05) is 25.4 Å². The predicted octanol–water partition coefficient (Wildman–Crippen LogP) is 0.806. The Bertz CT molecular complexity index is 99.5. The molecule has 0 aromatic rings. The van der Waals surface area contributed by atoms with Gasteiger partial charge in [0.15, 0.2) is 0 Å². The Morgan fingerprint density at radius 2 is 2.09 bits per heavy atom. The first-order chi connectivity index (χ1) is 5.33. The molecule has 1 fully saturated rings. The molecule has 0 atom stereocenters. The van der Waals surface area contributed by atoms with Gasteiger partial charge in [-0.05, 0) is 19.1 Å². The molecule has 66 valence electrons. The van der Waals surface area contributed by atoms with Crippen molar-refractivity contribution in [2.45, 2.75) is 18.9 Å². The Morgan fingerprint density at radius 3 is 2.64 bits per heavy atom. The number of rotatable bonds is 3. The van der Waals surface area contributed by atoms with Gasteiger partial charge in [0.05, 0.1) is 6.10 Å². The largest absolute Gasteiger partial charge is 0.393 e. The van der Waals surface area contributed by atoms with E-state index in [1.165, 1.54) is 12.3 Å². The van der Waals surface area contributed by atoms with Crippen molar-refractivity contribution < 1.29 is 5.11 Å². The molecular formula is C8H17NOS. The van der Waals surface area contributed by atoms with Gasteiger partial charge in [0.1, 0.15) is 0 Å². The maximum absolute atomic E-state index is 9.22. The summed E-state index contributed by atoms with van der Waals surface area (Å²) in [7, 11) is 0. The molecule has 0 aromatic heterocycles. The van der Waals surface area contributed by atoms with E-state index in [9.17, 15) is 5.11 Å². The molecule has 0 aromatic carbocycles. The number of hydrogen-bond acceptors (Lipinski definition) is 3. The Morgan fingerprint density at radius 1 is 1.45 bits per heavy atom. The van der Waals surface area contributed by atoms with Gasteiger partial charge in [-0.15, -0.1) is 0 Å². The lowest BCUT2D eigenvalue weighted by Gasteiger charge is -2.28. The van der Waals surface area contributed by atoms with Crippen LogP contribution in [0.3, 0.4) is 0 Å². The molecule has 0 bridgehead atoms. The molecule has 1 aliphatic rings. The average molecular weight is 175 g/mol. The number of aliphatic hydroxyl groups excluding tert-OH is 1. The van der Waals surface area contributed by atoms with Crippen LogP contribution in [-0.2, 0) is 0 Å². The van der Waals surface area contributed by atoms with E-state index in [4.69, 9.17) is 0 Å². The summed E-state index contributed by atoms with van der Waals surface area (Å²) in [5.74, 6) is 1.22. The van der Waals surface area contributed by atoms with Crippen molar-refractivity contribution in [2.75, 3.05) is 31.6 Å². The van der Waals surface area contributed by atoms with Crippen molar-refractivity contribution in [2.24, 2.45) is 0 Å². The number of hydrogen-bond donors (Lipinski definition) is 1. The Balaban J connectivity index is 2.07. The molecule has 0 saturated carbocycles. The summed E-state index contributed by atoms with van der Waals surface area (Å²) in [5.41, 5.74) is 0. The minimum atomic E-state index is -0.0273. The van der Waals surface area contributed by atoms with Crippen LogP contribution in [0.5, 0.6) is 0 Å². The lowest BCUT2D eigenvalue weighted by atomic mass is 10.1. The van der Waals surface area contributed by atoms with Crippen molar-refractivity contribution in [3.63, 3.8) is 0 Å². The molecule has 11 heavy (non-hydrogen) atoms. The number of aliphatic hydroxyl groups is 1. The second-order valence-corrected chi connectivity index (χ2v) is 4.05. The summed E-state index contributed by atoms with van der Waals surface area (Å²) in [6.45, 7) is 3.36. The molecule has 1 aliphatic heterocycles. The number of likely N-dealkylation sites (tertiary alicyclic amines) is 1. The molecule has 1 heterocycles. The van der Waals surface area contributed by atoms with Crippen molar-refractivity contribution in [3.8, 4) is 0 Å². The summed E-state index contributed by atoms with van der Waals surface area (Å²) in [5, 5.41) is 9.22. The van der Waals surface area contributed by atoms with Crippen LogP contribution in [0.1, 0.15) is 12.8 Å². The van der Waals surface area contributed by atoms with Crippen molar-refractivity contribution in [1.29, 1.82) is 0 Å². The summed E-state index contributed by atoms with van der Waals surface area (Å²) in [6.07, 6.45) is 4.04. The second kappa shape index (κ2) is 5.01. The first kappa shape index (κ1) is 9.36. The minimum Gasteiger partial charge on any atom is -0.393 e. The zero-order valence-corrected chi connectivity index (χ0v) is 7.94. The van der Waals surface area contributed by atoms with Gasteiger partial charge >= 0.3 is 0 Å². The highest BCUT2D eigenvalue weighted by atomic mass is 32.2. The molecule has 1 saturated heterocycles. The zero-order chi connectivity index (χ0) is 8.10. The quantitative estimate of drug-likeness (QED) is 0.686. The van der Waals surface area contributed by atoms with E-state index < -0.39 is 0 Å². The highest BCUT2D eigenvalue weighted by molar-refractivity contribution is 7.98. The standard InChI is InChI=1S/C8H17NOS/c1-11-7-6-9-4-2-8(10)3-5-9/h8,10H,2-7H2,1H3. The maximum Gasteiger partial charge on any atom is 0.0564 e. The average Bonchev–Trinajstić information content (AvgIpc) is 2.04. The van der Waals surface area contributed by atoms with Crippen LogP contribution in [0.4, 0.5) is 0 Å². The molecule has 2 nitrogen and oxygen atoms in total. The molecule has 0 spiro atoms. The highest BCUT2D eigenvalue weighted by Gasteiger charge is 2.15. The molecular weight excluding hydrogens is 158 g/mol. The third kappa shape index (κ3) is 3.45. The smallest absolute Gasteiger partial charge is 0.0564 e. The van der Waals surface area contributed by atoms with E-state index in [1.807, 2.05) is 11.8 Å². The Kier molecular flexibility index (Phi) is 4.26. The molecule has 0 radical (unpaired) electrons. The van der Waals surface area contributed by atoms with Gasteiger partial charge in [-0.2, -0.15) is 11.8 Å². The molecule has 1 N–H and O–H groups in total. The first-order valence-corrected chi connectivity index (χ1v) is 5.61. The minimum absolute atomic E-state index is 0.0273. The molecule has 3 heteroatoms. The van der Waals surface area contributed by atoms with Crippen LogP contribution >= 0.6 is 11.8 Å². The van der Waals surface area contributed by atoms with Gasteiger partial charge in [0.25, 0.3) is 0 Å². The van der Waals surface area contributed by atoms with Crippen LogP contribution in [-0.4, -0.2) is 47.8 Å². The zero-order valence-electron chi connectivity index (χ0n) is 7.12. The SMILES string of the molecule is CSCCN1CCC(O)CC1. The Labute approximate surface area is 73.0 Å². The third-order valence-electron chi connectivity index (χ3n) is 2.17. The van der Waals surface area contributed by atoms with E-state index in [2.05, 4.69) is 11.2 Å². The van der Waals surface area contributed by atoms with Crippen molar-refractivity contribution >= 4 is 11.8 Å². The van der Waals surface area contributed by atoms with Crippen LogP contribution in [0, 0.1) is 0 Å². The molecule has 1 rings (SSSR count). The second-order valence-electron chi connectivity index (χ2n) is 3.07. The van der Waals surface area contributed by atoms with E-state index in [1.54, 1.807) is 0 Å². The molecule has 0 amide bonds. The van der Waals surface area contributed by atoms with Gasteiger partial charge < -0.3 is 10.0 Å². The van der Waals surface area contributed by atoms with Gasteiger partial charge in [0.2, 0.25) is 0 Å². The van der Waals surface area contributed by atoms with Crippen LogP contribution in [0.15, 0.2) is 0 Å². The van der Waals surface area contributed by atoms with E-state index in [0.717, 1.165) is 25.9 Å². The summed E-state index contributed by atoms with van der Waals surface area (Å²) >= 11 is 1.89. The fourth-order valence-corrected chi connectivity index (χ4v) is 1.80. The van der Waals surface area contributed by atoms with Crippen molar-refractivity contribution in [1.82, 2.24) is 4.90 Å². The number of thioether (sulfide) groups is 1. The van der Waals surface area contributed by atoms with Crippen LogP contribution in [0.2, 0.25) is 0 Å². The normalized spacial score (nSPS) is 22.4. The number of nitrogens with zero attached hydrogens (tertiary/aromatic N) is 1. The maximum atomic E-state index is 9.22. The molecule has 0 aliphatic carbocycles. The lowest BCUT2D eigenvalue weighted by molar-refractivity contribution is 0.0857. The Hall–Kier alpha value is 0.270. The van der Waals surface area contributed by atoms with Gasteiger partial charge in [-0.1, -0.05) is 0 Å². The van der Waals surface area contributed by atoms with E-state index in [-0.39, 0.29) is 6.10 Å². The highest BCUT2D eigenvalue weighted by Crippen LogP contribution is 2.09. The lowest BCUT2D eigenvalue weighted by Crippen LogP contribution is -2.37. The third-order valence-corrected chi connectivity index (χ3v) is 2.76. The van der Waals surface area contributed by atoms with Gasteiger partial charge in [-0.3, -0.25) is 0 Å². The summed E-state index contributed by atoms with van der Waals surface area (Å²) in [6, 6.07) is 0. The fourth-order valence-electron chi connectivity index (χ4n) is 1.36. The van der Waals surface area contributed by atoms with Crippen LogP contribution < -0.4 is 0 Å². The van der Waals surface area contributed by atoms with Crippen LogP contribution in [0.25, 0.3) is 0 Å². The first-order valence-electron chi connectivity index (χ1n) is 4.22. The van der Waals surface area contributed by atoms with Gasteiger partial charge in [-0.25, -0.2) is 0 Å². The molecule has 0 unspecified atom stereocenters. The fraction of sp³-hybridized carbons (Fsp3) is 1.00. The topological polar surface area (TPSA) is 23.5 Å². The van der Waals surface area contributed by atoms with Crippen molar-refractivity contribution in [3.05, 3.63) is 0 Å². The van der Waals surface area contributed by atoms with E-state index in [0.29, 0.717) is 0 Å². The summed E-state index contributed by atoms with van der Waals surface area (Å²) in [4.78, 5) is 2.43. The number of piperidine rings is 1. The summed E-state index contributed by atoms with van der Waals surface area (Å²) < 4.78 is 0. The monoisotopic (exact) mass is 175 g/mol. The predicted molar refractivity (Wildman–Crippen MR) is 50.1 cm³/mol. The van der Waals surface area contributed by atoms with E-state index >= 15 is 0 Å².